The van der Waals surface area contributed by atoms with Crippen molar-refractivity contribution in [1.82, 2.24) is 4.98 Å². The quantitative estimate of drug-likeness (QED) is 0.628. The number of hydrogen-bond donors (Lipinski definition) is 3. The minimum atomic E-state index is -0.235. The van der Waals surface area contributed by atoms with Crippen molar-refractivity contribution >= 4 is 28.2 Å². The fourth-order valence-corrected chi connectivity index (χ4v) is 2.20. The number of fused-ring (bicyclic) bond motifs is 1. The van der Waals surface area contributed by atoms with Gasteiger partial charge in [-0.25, -0.2) is 0 Å². The Balaban J connectivity index is 1.92. The number of H-pyrrole nitrogens is 1. The number of aromatic nitrogens is 1. The summed E-state index contributed by atoms with van der Waals surface area (Å²) in [7, 11) is 0. The highest BCUT2D eigenvalue weighted by Gasteiger charge is 2.12. The lowest BCUT2D eigenvalue weighted by Crippen LogP contribution is -2.11. The molecule has 0 bridgehead atoms. The summed E-state index contributed by atoms with van der Waals surface area (Å²) in [5, 5.41) is 12.5. The molecular formula is C16H12N4O. The van der Waals surface area contributed by atoms with Crippen LogP contribution >= 0.6 is 0 Å². The molecule has 0 aliphatic carbocycles. The van der Waals surface area contributed by atoms with Crippen molar-refractivity contribution in [2.75, 3.05) is 11.1 Å². The number of nitrogens with zero attached hydrogens (tertiary/aromatic N) is 1. The van der Waals surface area contributed by atoms with E-state index in [0.29, 0.717) is 22.5 Å². The number of nitrogens with two attached hydrogens (primary N) is 1. The predicted molar refractivity (Wildman–Crippen MR) is 81.8 cm³/mol. The van der Waals surface area contributed by atoms with Gasteiger partial charge in [0.15, 0.2) is 0 Å². The Hall–Kier alpha value is -3.26. The van der Waals surface area contributed by atoms with Gasteiger partial charge >= 0.3 is 0 Å². The second-order valence-corrected chi connectivity index (χ2v) is 4.65. The molecule has 0 radical (unpaired) electrons. The van der Waals surface area contributed by atoms with Crippen LogP contribution in [0, 0.1) is 11.3 Å². The van der Waals surface area contributed by atoms with Crippen LogP contribution in [0.3, 0.4) is 0 Å². The molecule has 0 spiro atoms. The summed E-state index contributed by atoms with van der Waals surface area (Å²) in [4.78, 5) is 15.4. The maximum absolute atomic E-state index is 12.3. The van der Waals surface area contributed by atoms with Crippen molar-refractivity contribution < 1.29 is 4.79 Å². The number of carbonyl (C=O) groups excluding carboxylic acids is 1. The minimum Gasteiger partial charge on any atom is -0.399 e. The third-order valence-corrected chi connectivity index (χ3v) is 3.20. The SMILES string of the molecule is N#Cc1cccc(NC(=O)c2c[nH]c3cc(N)ccc23)c1. The van der Waals surface area contributed by atoms with Crippen LogP contribution < -0.4 is 11.1 Å². The van der Waals surface area contributed by atoms with Gasteiger partial charge in [-0.15, -0.1) is 0 Å². The molecule has 5 nitrogen and oxygen atoms in total. The summed E-state index contributed by atoms with van der Waals surface area (Å²) in [6.07, 6.45) is 1.65. The average Bonchev–Trinajstić information content (AvgIpc) is 2.90. The fourth-order valence-electron chi connectivity index (χ4n) is 2.20. The summed E-state index contributed by atoms with van der Waals surface area (Å²) in [6, 6.07) is 14.2. The number of anilines is 2. The van der Waals surface area contributed by atoms with Gasteiger partial charge in [0.05, 0.1) is 17.2 Å². The molecule has 102 valence electrons. The molecule has 21 heavy (non-hydrogen) atoms. The molecule has 0 unspecified atom stereocenters. The molecule has 0 fully saturated rings. The van der Waals surface area contributed by atoms with Gasteiger partial charge in [0.25, 0.3) is 5.91 Å². The lowest BCUT2D eigenvalue weighted by molar-refractivity contribution is 0.102. The molecule has 0 saturated heterocycles. The highest BCUT2D eigenvalue weighted by atomic mass is 16.1. The minimum absolute atomic E-state index is 0.235. The highest BCUT2D eigenvalue weighted by Crippen LogP contribution is 2.22. The lowest BCUT2D eigenvalue weighted by Gasteiger charge is -2.04. The van der Waals surface area contributed by atoms with Crippen molar-refractivity contribution in [2.45, 2.75) is 0 Å². The number of rotatable bonds is 2. The van der Waals surface area contributed by atoms with Crippen molar-refractivity contribution in [1.29, 1.82) is 5.26 Å². The van der Waals surface area contributed by atoms with E-state index >= 15 is 0 Å². The summed E-state index contributed by atoms with van der Waals surface area (Å²) < 4.78 is 0. The van der Waals surface area contributed by atoms with Gasteiger partial charge in [-0.2, -0.15) is 5.26 Å². The number of nitrogens with one attached hydrogen (secondary N) is 2. The molecule has 0 aliphatic rings. The van der Waals surface area contributed by atoms with Gasteiger partial charge in [0.1, 0.15) is 0 Å². The van der Waals surface area contributed by atoms with E-state index in [1.54, 1.807) is 42.6 Å². The third kappa shape index (κ3) is 2.42. The van der Waals surface area contributed by atoms with Crippen molar-refractivity contribution in [3.63, 3.8) is 0 Å². The Morgan fingerprint density at radius 1 is 1.24 bits per heavy atom. The van der Waals surface area contributed by atoms with Crippen LogP contribution in [0.5, 0.6) is 0 Å². The molecule has 3 rings (SSSR count). The first-order chi connectivity index (χ1) is 10.2. The first-order valence-corrected chi connectivity index (χ1v) is 6.35. The molecule has 4 N–H and O–H groups in total. The molecule has 1 heterocycles. The topological polar surface area (TPSA) is 94.7 Å². The second kappa shape index (κ2) is 5.02. The van der Waals surface area contributed by atoms with E-state index in [2.05, 4.69) is 10.3 Å². The number of carbonyl (C=O) groups is 1. The molecule has 0 saturated carbocycles. The van der Waals surface area contributed by atoms with Gasteiger partial charge < -0.3 is 16.0 Å². The Bertz CT molecular complexity index is 873. The predicted octanol–water partition coefficient (Wildman–Crippen LogP) is 2.87. The van der Waals surface area contributed by atoms with Gasteiger partial charge in [-0.3, -0.25) is 4.79 Å². The van der Waals surface area contributed by atoms with E-state index in [9.17, 15) is 4.79 Å². The van der Waals surface area contributed by atoms with Gasteiger partial charge in [-0.05, 0) is 36.4 Å². The van der Waals surface area contributed by atoms with E-state index in [4.69, 9.17) is 11.0 Å². The van der Waals surface area contributed by atoms with Gasteiger partial charge in [0, 0.05) is 28.5 Å². The number of benzene rings is 2. The number of nitrogen functional groups attached to an aromatic ring is 1. The van der Waals surface area contributed by atoms with Crippen LogP contribution in [0.1, 0.15) is 15.9 Å². The molecule has 5 heteroatoms. The molecule has 1 amide bonds. The zero-order valence-electron chi connectivity index (χ0n) is 11.1. The largest absolute Gasteiger partial charge is 0.399 e. The smallest absolute Gasteiger partial charge is 0.257 e. The Morgan fingerprint density at radius 3 is 2.90 bits per heavy atom. The zero-order valence-corrected chi connectivity index (χ0v) is 11.1. The van der Waals surface area contributed by atoms with Crippen LogP contribution in [-0.4, -0.2) is 10.9 Å². The Kier molecular flexibility index (Phi) is 3.05. The van der Waals surface area contributed by atoms with Crippen LogP contribution in [0.25, 0.3) is 10.9 Å². The maximum atomic E-state index is 12.3. The van der Waals surface area contributed by atoms with Crippen molar-refractivity contribution in [3.8, 4) is 6.07 Å². The monoisotopic (exact) mass is 276 g/mol. The number of amides is 1. The molecule has 3 aromatic rings. The maximum Gasteiger partial charge on any atom is 0.257 e. The fraction of sp³-hybridized carbons (Fsp3) is 0. The van der Waals surface area contributed by atoms with E-state index in [1.807, 2.05) is 12.1 Å². The van der Waals surface area contributed by atoms with Crippen LogP contribution in [0.4, 0.5) is 11.4 Å². The number of aromatic amines is 1. The lowest BCUT2D eigenvalue weighted by atomic mass is 10.1. The van der Waals surface area contributed by atoms with Gasteiger partial charge in [-0.1, -0.05) is 6.07 Å². The number of nitriles is 1. The average molecular weight is 276 g/mol. The zero-order chi connectivity index (χ0) is 14.8. The van der Waals surface area contributed by atoms with Crippen molar-refractivity contribution in [3.05, 3.63) is 59.8 Å². The van der Waals surface area contributed by atoms with E-state index in [1.165, 1.54) is 0 Å². The molecule has 0 atom stereocenters. The summed E-state index contributed by atoms with van der Waals surface area (Å²) in [6.45, 7) is 0. The van der Waals surface area contributed by atoms with E-state index in [0.717, 1.165) is 10.9 Å². The summed E-state index contributed by atoms with van der Waals surface area (Å²) in [5.74, 6) is -0.235. The summed E-state index contributed by atoms with van der Waals surface area (Å²) >= 11 is 0. The standard InChI is InChI=1S/C16H12N4O/c17-8-10-2-1-3-12(6-10)20-16(21)14-9-19-15-7-11(18)4-5-13(14)15/h1-7,9,19H,18H2,(H,20,21). The third-order valence-electron chi connectivity index (χ3n) is 3.20. The van der Waals surface area contributed by atoms with Gasteiger partial charge in [0.2, 0.25) is 0 Å². The van der Waals surface area contributed by atoms with Crippen molar-refractivity contribution in [2.24, 2.45) is 0 Å². The molecule has 2 aromatic carbocycles. The summed E-state index contributed by atoms with van der Waals surface area (Å²) in [5.41, 5.74) is 8.78. The number of hydrogen-bond acceptors (Lipinski definition) is 3. The Labute approximate surface area is 121 Å². The van der Waals surface area contributed by atoms with E-state index < -0.39 is 0 Å². The van der Waals surface area contributed by atoms with E-state index in [-0.39, 0.29) is 5.91 Å². The molecule has 1 aromatic heterocycles. The Morgan fingerprint density at radius 2 is 2.10 bits per heavy atom. The second-order valence-electron chi connectivity index (χ2n) is 4.65. The molecule has 0 aliphatic heterocycles. The van der Waals surface area contributed by atoms with Crippen LogP contribution in [0.2, 0.25) is 0 Å². The molecular weight excluding hydrogens is 264 g/mol. The highest BCUT2D eigenvalue weighted by molar-refractivity contribution is 6.13. The first kappa shape index (κ1) is 12.8. The first-order valence-electron chi connectivity index (χ1n) is 6.35. The van der Waals surface area contributed by atoms with Crippen LogP contribution in [0.15, 0.2) is 48.7 Å². The normalized spacial score (nSPS) is 10.2. The van der Waals surface area contributed by atoms with Crippen LogP contribution in [-0.2, 0) is 0 Å².